The smallest absolute Gasteiger partial charge is 0.195 e. The number of methoxy groups -OCH3 is 2. The Morgan fingerprint density at radius 3 is 2.24 bits per heavy atom. The van der Waals surface area contributed by atoms with Crippen molar-refractivity contribution in [3.05, 3.63) is 57.6 Å². The fourth-order valence-corrected chi connectivity index (χ4v) is 3.33. The molecule has 3 rings (SSSR count). The second kappa shape index (κ2) is 6.69. The van der Waals surface area contributed by atoms with E-state index in [-0.39, 0.29) is 18.2 Å². The van der Waals surface area contributed by atoms with Crippen LogP contribution in [0.1, 0.15) is 49.4 Å². The number of carbonyl (C=O) groups excluding carboxylic acids is 2. The predicted octanol–water partition coefficient (Wildman–Crippen LogP) is 2.71. The Morgan fingerprint density at radius 1 is 0.920 bits per heavy atom. The van der Waals surface area contributed by atoms with Gasteiger partial charge >= 0.3 is 0 Å². The molecular weight excluding hydrogens is 320 g/mol. The number of ether oxygens (including phenoxy) is 2. The highest BCUT2D eigenvalue weighted by molar-refractivity contribution is 6.29. The standard InChI is InChI=1S/C20H20O5/c1-11-16(24-2)7-6-13-18(11)20(23)15-10-17(25-3)12(5-4-8-21)9-14(15)19(13)22/h6-7,9-10,21H,4-5,8H2,1-3H3. The lowest BCUT2D eigenvalue weighted by Gasteiger charge is -2.22. The molecule has 0 aromatic heterocycles. The van der Waals surface area contributed by atoms with Gasteiger partial charge in [0.1, 0.15) is 11.5 Å². The van der Waals surface area contributed by atoms with Gasteiger partial charge in [-0.05, 0) is 49.6 Å². The van der Waals surface area contributed by atoms with Gasteiger partial charge in [-0.15, -0.1) is 0 Å². The predicted molar refractivity (Wildman–Crippen MR) is 93.0 cm³/mol. The van der Waals surface area contributed by atoms with Crippen molar-refractivity contribution in [1.29, 1.82) is 0 Å². The maximum atomic E-state index is 13.0. The first-order valence-corrected chi connectivity index (χ1v) is 8.12. The molecule has 1 N–H and O–H groups in total. The number of aliphatic hydroxyl groups is 1. The summed E-state index contributed by atoms with van der Waals surface area (Å²) in [6, 6.07) is 6.69. The molecule has 25 heavy (non-hydrogen) atoms. The summed E-state index contributed by atoms with van der Waals surface area (Å²) in [4.78, 5) is 26.0. The van der Waals surface area contributed by atoms with Crippen molar-refractivity contribution in [1.82, 2.24) is 0 Å². The molecule has 0 atom stereocenters. The first-order valence-electron chi connectivity index (χ1n) is 8.12. The third kappa shape index (κ3) is 2.70. The number of benzene rings is 2. The van der Waals surface area contributed by atoms with Crippen LogP contribution in [0.4, 0.5) is 0 Å². The second-order valence-electron chi connectivity index (χ2n) is 6.01. The lowest BCUT2D eigenvalue weighted by molar-refractivity contribution is 0.0978. The van der Waals surface area contributed by atoms with Crippen LogP contribution in [-0.4, -0.2) is 37.5 Å². The first-order chi connectivity index (χ1) is 12.0. The van der Waals surface area contributed by atoms with Crippen molar-refractivity contribution in [3.8, 4) is 11.5 Å². The molecule has 0 saturated heterocycles. The Bertz CT molecular complexity index is 867. The largest absolute Gasteiger partial charge is 0.496 e. The number of aryl methyl sites for hydroxylation is 1. The third-order valence-electron chi connectivity index (χ3n) is 4.62. The van der Waals surface area contributed by atoms with Crippen molar-refractivity contribution in [2.45, 2.75) is 19.8 Å². The van der Waals surface area contributed by atoms with Crippen LogP contribution < -0.4 is 9.47 Å². The summed E-state index contributed by atoms with van der Waals surface area (Å²) in [5, 5.41) is 9.06. The van der Waals surface area contributed by atoms with Gasteiger partial charge in [0.15, 0.2) is 11.6 Å². The van der Waals surface area contributed by atoms with Crippen LogP contribution in [0.15, 0.2) is 24.3 Å². The SMILES string of the molecule is COc1cc2c(cc1CCCO)C(=O)c1ccc(OC)c(C)c1C2=O. The molecule has 0 radical (unpaired) electrons. The molecule has 0 saturated carbocycles. The fraction of sp³-hybridized carbons (Fsp3) is 0.300. The van der Waals surface area contributed by atoms with Crippen LogP contribution in [0.25, 0.3) is 0 Å². The fourth-order valence-electron chi connectivity index (χ4n) is 3.33. The van der Waals surface area contributed by atoms with Gasteiger partial charge in [-0.1, -0.05) is 0 Å². The van der Waals surface area contributed by atoms with Crippen molar-refractivity contribution >= 4 is 11.6 Å². The zero-order chi connectivity index (χ0) is 18.1. The van der Waals surface area contributed by atoms with Crippen LogP contribution in [-0.2, 0) is 6.42 Å². The number of hydrogen-bond acceptors (Lipinski definition) is 5. The van der Waals surface area contributed by atoms with Gasteiger partial charge in [-0.3, -0.25) is 9.59 Å². The Labute approximate surface area is 146 Å². The minimum Gasteiger partial charge on any atom is -0.496 e. The van der Waals surface area contributed by atoms with Crippen LogP contribution in [0.3, 0.4) is 0 Å². The maximum absolute atomic E-state index is 13.0. The molecule has 2 aromatic carbocycles. The zero-order valence-corrected chi connectivity index (χ0v) is 14.5. The van der Waals surface area contributed by atoms with Crippen LogP contribution in [0, 0.1) is 6.92 Å². The quantitative estimate of drug-likeness (QED) is 0.773. The average Bonchev–Trinajstić information content (AvgIpc) is 2.63. The topological polar surface area (TPSA) is 72.8 Å². The highest BCUT2D eigenvalue weighted by atomic mass is 16.5. The molecule has 0 bridgehead atoms. The number of ketones is 2. The van der Waals surface area contributed by atoms with E-state index in [1.165, 1.54) is 14.2 Å². The van der Waals surface area contributed by atoms with E-state index in [0.717, 1.165) is 5.56 Å². The van der Waals surface area contributed by atoms with Gasteiger partial charge < -0.3 is 14.6 Å². The highest BCUT2D eigenvalue weighted by Crippen LogP contribution is 2.36. The van der Waals surface area contributed by atoms with E-state index < -0.39 is 0 Å². The summed E-state index contributed by atoms with van der Waals surface area (Å²) in [6.45, 7) is 1.83. The Hall–Kier alpha value is -2.66. The molecule has 5 heteroatoms. The van der Waals surface area contributed by atoms with E-state index in [1.54, 1.807) is 31.2 Å². The Balaban J connectivity index is 2.19. The van der Waals surface area contributed by atoms with Crippen molar-refractivity contribution < 1.29 is 24.2 Å². The van der Waals surface area contributed by atoms with E-state index in [0.29, 0.717) is 52.2 Å². The number of aliphatic hydroxyl groups excluding tert-OH is 1. The summed E-state index contributed by atoms with van der Waals surface area (Å²) >= 11 is 0. The molecule has 130 valence electrons. The van der Waals surface area contributed by atoms with Crippen molar-refractivity contribution in [2.75, 3.05) is 20.8 Å². The van der Waals surface area contributed by atoms with Gasteiger partial charge in [0, 0.05) is 34.4 Å². The second-order valence-corrected chi connectivity index (χ2v) is 6.01. The van der Waals surface area contributed by atoms with E-state index >= 15 is 0 Å². The van der Waals surface area contributed by atoms with Crippen molar-refractivity contribution in [2.24, 2.45) is 0 Å². The highest BCUT2D eigenvalue weighted by Gasteiger charge is 2.33. The molecule has 0 spiro atoms. The summed E-state index contributed by atoms with van der Waals surface area (Å²) in [7, 11) is 3.07. The maximum Gasteiger partial charge on any atom is 0.195 e. The van der Waals surface area contributed by atoms with E-state index in [2.05, 4.69) is 0 Å². The average molecular weight is 340 g/mol. The van der Waals surface area contributed by atoms with Gasteiger partial charge in [0.05, 0.1) is 14.2 Å². The zero-order valence-electron chi connectivity index (χ0n) is 14.5. The molecule has 2 aromatic rings. The van der Waals surface area contributed by atoms with Crippen LogP contribution in [0.5, 0.6) is 11.5 Å². The monoisotopic (exact) mass is 340 g/mol. The van der Waals surface area contributed by atoms with E-state index in [4.69, 9.17) is 14.6 Å². The molecule has 0 heterocycles. The molecule has 0 unspecified atom stereocenters. The summed E-state index contributed by atoms with van der Waals surface area (Å²) in [6.07, 6.45) is 1.13. The third-order valence-corrected chi connectivity index (χ3v) is 4.62. The van der Waals surface area contributed by atoms with Gasteiger partial charge in [-0.25, -0.2) is 0 Å². The van der Waals surface area contributed by atoms with Gasteiger partial charge in [-0.2, -0.15) is 0 Å². The molecular formula is C20H20O5. The van der Waals surface area contributed by atoms with Gasteiger partial charge in [0.25, 0.3) is 0 Å². The number of fused-ring (bicyclic) bond motifs is 2. The molecule has 0 amide bonds. The minimum absolute atomic E-state index is 0.0505. The normalized spacial score (nSPS) is 12.6. The lowest BCUT2D eigenvalue weighted by atomic mass is 9.80. The number of carbonyl (C=O) groups is 2. The Kier molecular flexibility index (Phi) is 4.59. The Morgan fingerprint density at radius 2 is 1.60 bits per heavy atom. The summed E-state index contributed by atoms with van der Waals surface area (Å²) < 4.78 is 10.7. The lowest BCUT2D eigenvalue weighted by Crippen LogP contribution is -2.23. The van der Waals surface area contributed by atoms with Crippen LogP contribution >= 0.6 is 0 Å². The molecule has 1 aliphatic carbocycles. The number of rotatable bonds is 5. The minimum atomic E-state index is -0.201. The van der Waals surface area contributed by atoms with Gasteiger partial charge in [0.2, 0.25) is 0 Å². The van der Waals surface area contributed by atoms with Crippen LogP contribution in [0.2, 0.25) is 0 Å². The number of hydrogen-bond donors (Lipinski definition) is 1. The molecule has 1 aliphatic rings. The van der Waals surface area contributed by atoms with E-state index in [9.17, 15) is 9.59 Å². The molecule has 0 aliphatic heterocycles. The van der Waals surface area contributed by atoms with E-state index in [1.807, 2.05) is 0 Å². The van der Waals surface area contributed by atoms with Crippen molar-refractivity contribution in [3.63, 3.8) is 0 Å². The summed E-state index contributed by atoms with van der Waals surface area (Å²) in [5.41, 5.74) is 2.99. The summed E-state index contributed by atoms with van der Waals surface area (Å²) in [5.74, 6) is 0.753. The molecule has 5 nitrogen and oxygen atoms in total. The first kappa shape index (κ1) is 17.2. The molecule has 0 fully saturated rings.